The van der Waals surface area contributed by atoms with Crippen molar-refractivity contribution >= 4 is 11.0 Å². The van der Waals surface area contributed by atoms with Gasteiger partial charge in [0.15, 0.2) is 5.65 Å². The normalized spacial score (nSPS) is 11.8. The second-order valence-corrected chi connectivity index (χ2v) is 6.28. The molecule has 0 unspecified atom stereocenters. The highest BCUT2D eigenvalue weighted by atomic mass is 19.4. The SMILES string of the molecule is COc1ccccc1-c1cc(C(F)(F)F)c2c(C)nn(-c3ccccc3)c2n1. The summed E-state index contributed by atoms with van der Waals surface area (Å²) in [6.45, 7) is 1.56. The third-order valence-corrected chi connectivity index (χ3v) is 4.50. The molecule has 2 aromatic heterocycles. The van der Waals surface area contributed by atoms with Gasteiger partial charge in [-0.2, -0.15) is 18.3 Å². The number of fused-ring (bicyclic) bond motifs is 1. The van der Waals surface area contributed by atoms with E-state index in [-0.39, 0.29) is 22.4 Å². The number of pyridine rings is 1. The lowest BCUT2D eigenvalue weighted by atomic mass is 10.0. The van der Waals surface area contributed by atoms with Crippen LogP contribution in [0.15, 0.2) is 60.7 Å². The molecular weight excluding hydrogens is 367 g/mol. The van der Waals surface area contributed by atoms with Crippen molar-refractivity contribution < 1.29 is 17.9 Å². The molecule has 0 spiro atoms. The van der Waals surface area contributed by atoms with Gasteiger partial charge in [-0.05, 0) is 37.3 Å². The second-order valence-electron chi connectivity index (χ2n) is 6.28. The van der Waals surface area contributed by atoms with Crippen LogP contribution in [0.4, 0.5) is 13.2 Å². The Morgan fingerprint density at radius 1 is 0.964 bits per heavy atom. The molecule has 0 aliphatic carbocycles. The molecule has 0 N–H and O–H groups in total. The number of alkyl halides is 3. The van der Waals surface area contributed by atoms with Crippen molar-refractivity contribution in [3.05, 3.63) is 71.9 Å². The summed E-state index contributed by atoms with van der Waals surface area (Å²) in [4.78, 5) is 4.55. The molecular formula is C21H16F3N3O. The number of rotatable bonds is 3. The van der Waals surface area contributed by atoms with E-state index in [1.165, 1.54) is 11.8 Å². The summed E-state index contributed by atoms with van der Waals surface area (Å²) in [5.74, 6) is 0.449. The zero-order valence-corrected chi connectivity index (χ0v) is 15.2. The van der Waals surface area contributed by atoms with Crippen LogP contribution in [0.2, 0.25) is 0 Å². The van der Waals surface area contributed by atoms with E-state index in [1.54, 1.807) is 55.5 Å². The highest BCUT2D eigenvalue weighted by Gasteiger charge is 2.36. The molecule has 142 valence electrons. The summed E-state index contributed by atoms with van der Waals surface area (Å²) in [7, 11) is 1.47. The molecule has 0 saturated heterocycles. The van der Waals surface area contributed by atoms with Gasteiger partial charge < -0.3 is 4.74 Å². The first-order valence-electron chi connectivity index (χ1n) is 8.56. The highest BCUT2D eigenvalue weighted by molar-refractivity contribution is 5.87. The van der Waals surface area contributed by atoms with Gasteiger partial charge in [-0.15, -0.1) is 0 Å². The highest BCUT2D eigenvalue weighted by Crippen LogP contribution is 2.40. The van der Waals surface area contributed by atoms with E-state index in [4.69, 9.17) is 4.74 Å². The molecule has 0 fully saturated rings. The molecule has 0 saturated carbocycles. The molecule has 0 aliphatic heterocycles. The van der Waals surface area contributed by atoms with Crippen LogP contribution in [-0.4, -0.2) is 21.9 Å². The molecule has 28 heavy (non-hydrogen) atoms. The molecule has 4 nitrogen and oxygen atoms in total. The zero-order chi connectivity index (χ0) is 19.9. The van der Waals surface area contributed by atoms with E-state index >= 15 is 0 Å². The van der Waals surface area contributed by atoms with Crippen molar-refractivity contribution in [2.24, 2.45) is 0 Å². The monoisotopic (exact) mass is 383 g/mol. The molecule has 0 amide bonds. The van der Waals surface area contributed by atoms with Gasteiger partial charge in [0.05, 0.1) is 35.1 Å². The van der Waals surface area contributed by atoms with Gasteiger partial charge in [0.25, 0.3) is 0 Å². The van der Waals surface area contributed by atoms with Crippen molar-refractivity contribution in [3.8, 4) is 22.7 Å². The molecule has 0 aliphatic rings. The fraction of sp³-hybridized carbons (Fsp3) is 0.143. The van der Waals surface area contributed by atoms with Gasteiger partial charge in [-0.25, -0.2) is 9.67 Å². The lowest BCUT2D eigenvalue weighted by molar-refractivity contribution is -0.136. The van der Waals surface area contributed by atoms with Crippen LogP contribution in [0, 0.1) is 6.92 Å². The minimum Gasteiger partial charge on any atom is -0.496 e. The number of para-hydroxylation sites is 2. The van der Waals surface area contributed by atoms with E-state index in [2.05, 4.69) is 10.1 Å². The van der Waals surface area contributed by atoms with Crippen molar-refractivity contribution in [3.63, 3.8) is 0 Å². The van der Waals surface area contributed by atoms with Gasteiger partial charge in [0, 0.05) is 5.56 Å². The smallest absolute Gasteiger partial charge is 0.417 e. The number of ether oxygens (including phenoxy) is 1. The minimum atomic E-state index is -4.55. The average molecular weight is 383 g/mol. The molecule has 2 aromatic carbocycles. The van der Waals surface area contributed by atoms with Crippen LogP contribution in [0.25, 0.3) is 28.0 Å². The van der Waals surface area contributed by atoms with Crippen LogP contribution >= 0.6 is 0 Å². The number of nitrogens with zero attached hydrogens (tertiary/aromatic N) is 3. The van der Waals surface area contributed by atoms with E-state index in [9.17, 15) is 13.2 Å². The van der Waals surface area contributed by atoms with Crippen molar-refractivity contribution in [2.75, 3.05) is 7.11 Å². The Morgan fingerprint density at radius 3 is 2.32 bits per heavy atom. The molecule has 7 heteroatoms. The fourth-order valence-electron chi connectivity index (χ4n) is 3.26. The topological polar surface area (TPSA) is 39.9 Å². The van der Waals surface area contributed by atoms with Crippen LogP contribution in [-0.2, 0) is 6.18 Å². The summed E-state index contributed by atoms with van der Waals surface area (Å²) < 4.78 is 48.4. The first kappa shape index (κ1) is 18.0. The Labute approximate surface area is 159 Å². The number of aromatic nitrogens is 3. The maximum Gasteiger partial charge on any atom is 0.417 e. The van der Waals surface area contributed by atoms with Crippen molar-refractivity contribution in [2.45, 2.75) is 13.1 Å². The number of halogens is 3. The van der Waals surface area contributed by atoms with Gasteiger partial charge >= 0.3 is 6.18 Å². The number of benzene rings is 2. The molecule has 4 aromatic rings. The standard InChI is InChI=1S/C21H16F3N3O/c1-13-19-16(21(22,23)24)12-17(15-10-6-7-11-18(15)28-2)25-20(19)27(26-13)14-8-4-3-5-9-14/h3-12H,1-2H3. The molecule has 2 heterocycles. The lowest BCUT2D eigenvalue weighted by Gasteiger charge is -2.13. The first-order chi connectivity index (χ1) is 13.4. The molecule has 4 rings (SSSR count). The maximum atomic E-state index is 13.9. The third-order valence-electron chi connectivity index (χ3n) is 4.50. The third kappa shape index (κ3) is 2.98. The summed E-state index contributed by atoms with van der Waals surface area (Å²) in [6.07, 6.45) is -4.55. The summed E-state index contributed by atoms with van der Waals surface area (Å²) >= 11 is 0. The average Bonchev–Trinajstić information content (AvgIpc) is 3.04. The Morgan fingerprint density at radius 2 is 1.64 bits per heavy atom. The van der Waals surface area contributed by atoms with Gasteiger partial charge in [0.1, 0.15) is 5.75 Å². The Bertz CT molecular complexity index is 1150. The first-order valence-corrected chi connectivity index (χ1v) is 8.56. The van der Waals surface area contributed by atoms with E-state index in [0.717, 1.165) is 6.07 Å². The number of hydrogen-bond acceptors (Lipinski definition) is 3. The van der Waals surface area contributed by atoms with Gasteiger partial charge in [-0.3, -0.25) is 0 Å². The number of hydrogen-bond donors (Lipinski definition) is 0. The van der Waals surface area contributed by atoms with E-state index in [0.29, 0.717) is 17.0 Å². The maximum absolute atomic E-state index is 13.9. The van der Waals surface area contributed by atoms with Crippen LogP contribution in [0.1, 0.15) is 11.3 Å². The Hall–Kier alpha value is -3.35. The molecule has 0 bridgehead atoms. The predicted octanol–water partition coefficient (Wildman–Crippen LogP) is 5.42. The summed E-state index contributed by atoms with van der Waals surface area (Å²) in [6, 6.07) is 16.9. The van der Waals surface area contributed by atoms with Crippen molar-refractivity contribution in [1.29, 1.82) is 0 Å². The van der Waals surface area contributed by atoms with E-state index < -0.39 is 11.7 Å². The predicted molar refractivity (Wildman–Crippen MR) is 101 cm³/mol. The largest absolute Gasteiger partial charge is 0.496 e. The second kappa shape index (κ2) is 6.67. The fourth-order valence-corrected chi connectivity index (χ4v) is 3.26. The van der Waals surface area contributed by atoms with Crippen LogP contribution in [0.3, 0.4) is 0 Å². The lowest BCUT2D eigenvalue weighted by Crippen LogP contribution is -2.08. The number of methoxy groups -OCH3 is 1. The molecule has 0 atom stereocenters. The quantitative estimate of drug-likeness (QED) is 0.474. The Kier molecular flexibility index (Phi) is 4.30. The Balaban J connectivity index is 2.09. The summed E-state index contributed by atoms with van der Waals surface area (Å²) in [5, 5.41) is 4.33. The van der Waals surface area contributed by atoms with E-state index in [1.807, 2.05) is 6.07 Å². The van der Waals surface area contributed by atoms with Crippen molar-refractivity contribution in [1.82, 2.24) is 14.8 Å². The molecule has 0 radical (unpaired) electrons. The van der Waals surface area contributed by atoms with Crippen LogP contribution < -0.4 is 4.74 Å². The van der Waals surface area contributed by atoms with Crippen LogP contribution in [0.5, 0.6) is 5.75 Å². The van der Waals surface area contributed by atoms with Gasteiger partial charge in [-0.1, -0.05) is 30.3 Å². The minimum absolute atomic E-state index is 0.00463. The summed E-state index contributed by atoms with van der Waals surface area (Å²) in [5.41, 5.74) is 0.950. The zero-order valence-electron chi connectivity index (χ0n) is 15.2. The number of aryl methyl sites for hydroxylation is 1. The van der Waals surface area contributed by atoms with Gasteiger partial charge in [0.2, 0.25) is 0 Å².